The number of carbonyl (C=O) groups excluding carboxylic acids is 1. The lowest BCUT2D eigenvalue weighted by Crippen LogP contribution is -2.36. The van der Waals surface area contributed by atoms with Gasteiger partial charge in [-0.05, 0) is 39.1 Å². The summed E-state index contributed by atoms with van der Waals surface area (Å²) in [6, 6.07) is 8.00. The summed E-state index contributed by atoms with van der Waals surface area (Å²) in [5, 5.41) is 3.06. The molecule has 0 radical (unpaired) electrons. The van der Waals surface area contributed by atoms with Gasteiger partial charge in [0.05, 0.1) is 0 Å². The number of hydrogen-bond donors (Lipinski definition) is 1. The summed E-state index contributed by atoms with van der Waals surface area (Å²) in [6.07, 6.45) is 1.05. The van der Waals surface area contributed by atoms with E-state index in [9.17, 15) is 4.79 Å². The van der Waals surface area contributed by atoms with Crippen LogP contribution in [0.2, 0.25) is 0 Å². The van der Waals surface area contributed by atoms with Crippen LogP contribution in [0.1, 0.15) is 22.3 Å². The van der Waals surface area contributed by atoms with Crippen LogP contribution in [0.4, 0.5) is 0 Å². The zero-order valence-corrected chi connectivity index (χ0v) is 9.86. The average molecular weight is 218 g/mol. The van der Waals surface area contributed by atoms with E-state index in [1.165, 1.54) is 5.56 Å². The zero-order valence-electron chi connectivity index (χ0n) is 9.86. The number of benzene rings is 1. The van der Waals surface area contributed by atoms with Crippen molar-refractivity contribution in [1.29, 1.82) is 0 Å². The van der Waals surface area contributed by atoms with Crippen molar-refractivity contribution in [1.82, 2.24) is 10.2 Å². The maximum Gasteiger partial charge on any atom is 0.251 e. The first kappa shape index (κ1) is 11.1. The summed E-state index contributed by atoms with van der Waals surface area (Å²) in [5.41, 5.74) is 1.93. The Bertz CT molecular complexity index is 372. The lowest BCUT2D eigenvalue weighted by molar-refractivity contribution is 0.0938. The van der Waals surface area contributed by atoms with E-state index in [4.69, 9.17) is 0 Å². The molecular formula is C13H18N2O. The maximum atomic E-state index is 11.9. The van der Waals surface area contributed by atoms with Gasteiger partial charge in [0.25, 0.3) is 5.91 Å². The number of nitrogens with one attached hydrogen (secondary N) is 1. The van der Waals surface area contributed by atoms with Gasteiger partial charge in [0, 0.05) is 18.2 Å². The molecule has 1 aliphatic heterocycles. The Balaban J connectivity index is 1.95. The van der Waals surface area contributed by atoms with E-state index in [2.05, 4.69) is 17.3 Å². The first-order valence-corrected chi connectivity index (χ1v) is 5.71. The molecule has 3 nitrogen and oxygen atoms in total. The highest BCUT2D eigenvalue weighted by atomic mass is 16.1. The van der Waals surface area contributed by atoms with Crippen LogP contribution in [0.15, 0.2) is 24.3 Å². The number of likely N-dealkylation sites (tertiary alicyclic amines) is 1. The first-order chi connectivity index (χ1) is 7.65. The van der Waals surface area contributed by atoms with Crippen molar-refractivity contribution in [2.24, 2.45) is 0 Å². The number of carbonyl (C=O) groups is 1. The molecule has 0 bridgehead atoms. The lowest BCUT2D eigenvalue weighted by Gasteiger charge is -2.12. The second kappa shape index (κ2) is 4.66. The van der Waals surface area contributed by atoms with Crippen LogP contribution < -0.4 is 5.32 Å². The van der Waals surface area contributed by atoms with Crippen molar-refractivity contribution in [3.8, 4) is 0 Å². The summed E-state index contributed by atoms with van der Waals surface area (Å²) in [7, 11) is 2.08. The third kappa shape index (κ3) is 2.61. The maximum absolute atomic E-state index is 11.9. The van der Waals surface area contributed by atoms with E-state index in [1.807, 2.05) is 31.2 Å². The van der Waals surface area contributed by atoms with E-state index < -0.39 is 0 Å². The Morgan fingerprint density at radius 3 is 2.62 bits per heavy atom. The second-order valence-electron chi connectivity index (χ2n) is 4.59. The monoisotopic (exact) mass is 218 g/mol. The molecule has 2 rings (SSSR count). The van der Waals surface area contributed by atoms with Crippen LogP contribution in [0, 0.1) is 6.92 Å². The number of nitrogens with zero attached hydrogens (tertiary/aromatic N) is 1. The van der Waals surface area contributed by atoms with Crippen molar-refractivity contribution in [3.05, 3.63) is 35.4 Å². The zero-order chi connectivity index (χ0) is 11.5. The van der Waals surface area contributed by atoms with E-state index in [0.717, 1.165) is 25.1 Å². The lowest BCUT2D eigenvalue weighted by atomic mass is 10.1. The number of hydrogen-bond acceptors (Lipinski definition) is 2. The van der Waals surface area contributed by atoms with E-state index in [1.54, 1.807) is 0 Å². The Labute approximate surface area is 96.5 Å². The van der Waals surface area contributed by atoms with Crippen LogP contribution >= 0.6 is 0 Å². The smallest absolute Gasteiger partial charge is 0.251 e. The summed E-state index contributed by atoms with van der Waals surface area (Å²) < 4.78 is 0. The molecule has 1 atom stereocenters. The van der Waals surface area contributed by atoms with Crippen molar-refractivity contribution >= 4 is 5.91 Å². The van der Waals surface area contributed by atoms with Gasteiger partial charge in [-0.2, -0.15) is 0 Å². The molecule has 1 fully saturated rings. The molecule has 0 aromatic heterocycles. The van der Waals surface area contributed by atoms with Gasteiger partial charge in [-0.1, -0.05) is 17.7 Å². The van der Waals surface area contributed by atoms with Crippen molar-refractivity contribution in [2.75, 3.05) is 20.1 Å². The Hall–Kier alpha value is -1.35. The van der Waals surface area contributed by atoms with Gasteiger partial charge in [0.1, 0.15) is 0 Å². The van der Waals surface area contributed by atoms with Gasteiger partial charge in [-0.15, -0.1) is 0 Å². The van der Waals surface area contributed by atoms with Crippen LogP contribution in [-0.2, 0) is 0 Å². The van der Waals surface area contributed by atoms with Gasteiger partial charge >= 0.3 is 0 Å². The topological polar surface area (TPSA) is 32.3 Å². The quantitative estimate of drug-likeness (QED) is 0.814. The van der Waals surface area contributed by atoms with Crippen molar-refractivity contribution < 1.29 is 4.79 Å². The summed E-state index contributed by atoms with van der Waals surface area (Å²) in [4.78, 5) is 14.1. The normalized spacial score (nSPS) is 21.0. The minimum atomic E-state index is 0.0419. The molecular weight excluding hydrogens is 200 g/mol. The molecule has 1 saturated heterocycles. The average Bonchev–Trinajstić information content (AvgIpc) is 2.65. The molecule has 1 heterocycles. The molecule has 0 saturated carbocycles. The SMILES string of the molecule is Cc1ccc(C(=O)N[C@H]2CCN(C)C2)cc1. The van der Waals surface area contributed by atoms with Gasteiger partial charge in [0.15, 0.2) is 0 Å². The van der Waals surface area contributed by atoms with Crippen LogP contribution in [0.5, 0.6) is 0 Å². The Kier molecular flexibility index (Phi) is 3.25. The van der Waals surface area contributed by atoms with E-state index in [0.29, 0.717) is 6.04 Å². The number of aryl methyl sites for hydroxylation is 1. The highest BCUT2D eigenvalue weighted by Gasteiger charge is 2.21. The standard InChI is InChI=1S/C13H18N2O/c1-10-3-5-11(6-4-10)13(16)14-12-7-8-15(2)9-12/h3-6,12H,7-9H2,1-2H3,(H,14,16)/t12-/m0/s1. The fourth-order valence-corrected chi connectivity index (χ4v) is 2.03. The number of amides is 1. The summed E-state index contributed by atoms with van der Waals surface area (Å²) >= 11 is 0. The fourth-order valence-electron chi connectivity index (χ4n) is 2.03. The second-order valence-corrected chi connectivity index (χ2v) is 4.59. The van der Waals surface area contributed by atoms with Crippen LogP contribution in [0.3, 0.4) is 0 Å². The number of likely N-dealkylation sites (N-methyl/N-ethyl adjacent to an activating group) is 1. The molecule has 16 heavy (non-hydrogen) atoms. The van der Waals surface area contributed by atoms with Crippen LogP contribution in [-0.4, -0.2) is 37.0 Å². The van der Waals surface area contributed by atoms with Gasteiger partial charge in [-0.25, -0.2) is 0 Å². The van der Waals surface area contributed by atoms with Crippen molar-refractivity contribution in [2.45, 2.75) is 19.4 Å². The predicted octanol–water partition coefficient (Wildman–Crippen LogP) is 1.43. The molecule has 86 valence electrons. The predicted molar refractivity (Wildman–Crippen MR) is 64.5 cm³/mol. The van der Waals surface area contributed by atoms with E-state index in [-0.39, 0.29) is 5.91 Å². The first-order valence-electron chi connectivity index (χ1n) is 5.71. The minimum Gasteiger partial charge on any atom is -0.348 e. The fraction of sp³-hybridized carbons (Fsp3) is 0.462. The highest BCUT2D eigenvalue weighted by Crippen LogP contribution is 2.08. The van der Waals surface area contributed by atoms with E-state index >= 15 is 0 Å². The molecule has 1 aliphatic rings. The Morgan fingerprint density at radius 2 is 2.06 bits per heavy atom. The highest BCUT2D eigenvalue weighted by molar-refractivity contribution is 5.94. The van der Waals surface area contributed by atoms with Gasteiger partial charge in [0.2, 0.25) is 0 Å². The third-order valence-electron chi connectivity index (χ3n) is 3.04. The summed E-state index contributed by atoms with van der Waals surface area (Å²) in [6.45, 7) is 4.05. The Morgan fingerprint density at radius 1 is 1.38 bits per heavy atom. The molecule has 0 aliphatic carbocycles. The molecule has 1 aromatic carbocycles. The molecule has 0 spiro atoms. The largest absolute Gasteiger partial charge is 0.348 e. The molecule has 3 heteroatoms. The number of rotatable bonds is 2. The van der Waals surface area contributed by atoms with Gasteiger partial charge in [-0.3, -0.25) is 4.79 Å². The molecule has 1 amide bonds. The molecule has 1 N–H and O–H groups in total. The van der Waals surface area contributed by atoms with Crippen molar-refractivity contribution in [3.63, 3.8) is 0 Å². The summed E-state index contributed by atoms with van der Waals surface area (Å²) in [5.74, 6) is 0.0419. The van der Waals surface area contributed by atoms with Gasteiger partial charge < -0.3 is 10.2 Å². The third-order valence-corrected chi connectivity index (χ3v) is 3.04. The molecule has 1 aromatic rings. The molecule has 0 unspecified atom stereocenters. The van der Waals surface area contributed by atoms with Crippen LogP contribution in [0.25, 0.3) is 0 Å². The minimum absolute atomic E-state index is 0.0419.